The second kappa shape index (κ2) is 8.97. The number of hydrogen-bond acceptors (Lipinski definition) is 5. The minimum absolute atomic E-state index is 0.0699. The smallest absolute Gasteiger partial charge is 0.338 e. The van der Waals surface area contributed by atoms with Crippen molar-refractivity contribution in [1.82, 2.24) is 4.31 Å². The topological polar surface area (TPSA) is 84.0 Å². The number of ether oxygens (including phenoxy) is 1. The minimum atomic E-state index is -3.72. The molecule has 0 unspecified atom stereocenters. The SMILES string of the molecule is CCN(CC)S(=O)(=O)c1cc(C(=O)OCC(=O)N2CCc3ccccc32)ccc1C. The quantitative estimate of drug-likeness (QED) is 0.631. The highest BCUT2D eigenvalue weighted by molar-refractivity contribution is 7.89. The predicted octanol–water partition coefficient (Wildman–Crippen LogP) is 2.77. The monoisotopic (exact) mass is 430 g/mol. The summed E-state index contributed by atoms with van der Waals surface area (Å²) in [4.78, 5) is 26.7. The van der Waals surface area contributed by atoms with Gasteiger partial charge in [0.1, 0.15) is 0 Å². The zero-order chi connectivity index (χ0) is 21.9. The molecule has 0 fully saturated rings. The number of benzene rings is 2. The van der Waals surface area contributed by atoms with Crippen LogP contribution in [0, 0.1) is 6.92 Å². The average Bonchev–Trinajstić information content (AvgIpc) is 3.17. The molecule has 30 heavy (non-hydrogen) atoms. The van der Waals surface area contributed by atoms with Gasteiger partial charge < -0.3 is 9.64 Å². The fraction of sp³-hybridized carbons (Fsp3) is 0.364. The molecule has 160 valence electrons. The van der Waals surface area contributed by atoms with Gasteiger partial charge in [-0.25, -0.2) is 13.2 Å². The Morgan fingerprint density at radius 3 is 2.50 bits per heavy atom. The van der Waals surface area contributed by atoms with Gasteiger partial charge in [0.2, 0.25) is 10.0 Å². The lowest BCUT2D eigenvalue weighted by Gasteiger charge is -2.20. The number of carbonyl (C=O) groups excluding carboxylic acids is 2. The lowest BCUT2D eigenvalue weighted by Crippen LogP contribution is -2.33. The highest BCUT2D eigenvalue weighted by Gasteiger charge is 2.27. The number of esters is 1. The van der Waals surface area contributed by atoms with Crippen LogP contribution in [0.4, 0.5) is 5.69 Å². The van der Waals surface area contributed by atoms with E-state index in [2.05, 4.69) is 0 Å². The summed E-state index contributed by atoms with van der Waals surface area (Å²) in [6, 6.07) is 12.0. The van der Waals surface area contributed by atoms with Crippen molar-refractivity contribution >= 4 is 27.6 Å². The van der Waals surface area contributed by atoms with Crippen LogP contribution in [0.15, 0.2) is 47.4 Å². The third-order valence-electron chi connectivity index (χ3n) is 5.26. The van der Waals surface area contributed by atoms with Gasteiger partial charge in [-0.3, -0.25) is 4.79 Å². The van der Waals surface area contributed by atoms with E-state index in [1.807, 2.05) is 24.3 Å². The Balaban J connectivity index is 1.73. The average molecular weight is 431 g/mol. The molecule has 2 aromatic rings. The molecule has 0 aromatic heterocycles. The predicted molar refractivity (Wildman–Crippen MR) is 114 cm³/mol. The van der Waals surface area contributed by atoms with Gasteiger partial charge in [0.05, 0.1) is 10.5 Å². The van der Waals surface area contributed by atoms with E-state index >= 15 is 0 Å². The number of anilines is 1. The molecule has 1 aliphatic rings. The summed E-state index contributed by atoms with van der Waals surface area (Å²) in [6.45, 7) is 6.01. The molecular formula is C22H26N2O5S. The number of rotatable bonds is 7. The summed E-state index contributed by atoms with van der Waals surface area (Å²) in [7, 11) is -3.72. The van der Waals surface area contributed by atoms with Gasteiger partial charge in [-0.15, -0.1) is 0 Å². The summed E-state index contributed by atoms with van der Waals surface area (Å²) in [5.74, 6) is -1.04. The van der Waals surface area contributed by atoms with Gasteiger partial charge >= 0.3 is 5.97 Å². The molecule has 1 heterocycles. The number of sulfonamides is 1. The Kier molecular flexibility index (Phi) is 6.58. The maximum absolute atomic E-state index is 12.9. The normalized spacial score (nSPS) is 13.4. The van der Waals surface area contributed by atoms with Crippen molar-refractivity contribution in [2.45, 2.75) is 32.1 Å². The Labute approximate surface area is 177 Å². The van der Waals surface area contributed by atoms with Crippen LogP contribution < -0.4 is 4.90 Å². The third kappa shape index (κ3) is 4.24. The van der Waals surface area contributed by atoms with E-state index in [1.165, 1.54) is 16.4 Å². The Hall–Kier alpha value is -2.71. The second-order valence-corrected chi connectivity index (χ2v) is 8.98. The first-order valence-corrected chi connectivity index (χ1v) is 11.4. The Morgan fingerprint density at radius 2 is 1.80 bits per heavy atom. The first-order valence-electron chi connectivity index (χ1n) is 9.95. The third-order valence-corrected chi connectivity index (χ3v) is 7.45. The molecule has 0 atom stereocenters. The van der Waals surface area contributed by atoms with Crippen LogP contribution in [0.2, 0.25) is 0 Å². The highest BCUT2D eigenvalue weighted by Crippen LogP contribution is 2.27. The molecule has 3 rings (SSSR count). The number of para-hydroxylation sites is 1. The molecule has 0 aliphatic carbocycles. The van der Waals surface area contributed by atoms with E-state index in [-0.39, 0.29) is 16.4 Å². The van der Waals surface area contributed by atoms with Gasteiger partial charge in [-0.2, -0.15) is 4.31 Å². The molecule has 0 saturated carbocycles. The first-order chi connectivity index (χ1) is 14.3. The second-order valence-electron chi connectivity index (χ2n) is 7.07. The van der Waals surface area contributed by atoms with Gasteiger partial charge in [0.15, 0.2) is 6.61 Å². The van der Waals surface area contributed by atoms with E-state index in [1.54, 1.807) is 31.7 Å². The molecule has 0 spiro atoms. The number of carbonyl (C=O) groups is 2. The Morgan fingerprint density at radius 1 is 1.10 bits per heavy atom. The largest absolute Gasteiger partial charge is 0.452 e. The molecular weight excluding hydrogens is 404 g/mol. The van der Waals surface area contributed by atoms with Crippen LogP contribution in [0.1, 0.15) is 35.3 Å². The van der Waals surface area contributed by atoms with Gasteiger partial charge in [-0.05, 0) is 42.7 Å². The van der Waals surface area contributed by atoms with Crippen molar-refractivity contribution in [3.05, 3.63) is 59.2 Å². The number of hydrogen-bond donors (Lipinski definition) is 0. The maximum atomic E-state index is 12.9. The molecule has 0 bridgehead atoms. The molecule has 0 N–H and O–H groups in total. The lowest BCUT2D eigenvalue weighted by molar-refractivity contribution is -0.121. The van der Waals surface area contributed by atoms with E-state index in [4.69, 9.17) is 4.74 Å². The van der Waals surface area contributed by atoms with Crippen molar-refractivity contribution < 1.29 is 22.7 Å². The Bertz CT molecular complexity index is 1060. The standard InChI is InChI=1S/C22H26N2O5S/c1-4-23(5-2)30(27,28)20-14-18(11-10-16(20)3)22(26)29-15-21(25)24-13-12-17-8-6-7-9-19(17)24/h6-11,14H,4-5,12-13,15H2,1-3H3. The van der Waals surface area contributed by atoms with Gasteiger partial charge in [0, 0.05) is 25.3 Å². The van der Waals surface area contributed by atoms with Crippen molar-refractivity contribution in [3.8, 4) is 0 Å². The van der Waals surface area contributed by atoms with Gasteiger partial charge in [-0.1, -0.05) is 38.1 Å². The van der Waals surface area contributed by atoms with E-state index in [0.29, 0.717) is 25.2 Å². The van der Waals surface area contributed by atoms with Crippen molar-refractivity contribution in [1.29, 1.82) is 0 Å². The van der Waals surface area contributed by atoms with E-state index in [0.717, 1.165) is 17.7 Å². The summed E-state index contributed by atoms with van der Waals surface area (Å²) in [5.41, 5.74) is 2.56. The molecule has 8 heteroatoms. The van der Waals surface area contributed by atoms with Crippen LogP contribution >= 0.6 is 0 Å². The van der Waals surface area contributed by atoms with Crippen LogP contribution in [0.3, 0.4) is 0 Å². The summed E-state index contributed by atoms with van der Waals surface area (Å²) in [5, 5.41) is 0. The first kappa shape index (κ1) is 22.0. The van der Waals surface area contributed by atoms with E-state index in [9.17, 15) is 18.0 Å². The molecule has 2 aromatic carbocycles. The van der Waals surface area contributed by atoms with Crippen molar-refractivity contribution in [2.24, 2.45) is 0 Å². The number of amides is 1. The zero-order valence-corrected chi connectivity index (χ0v) is 18.2. The van der Waals surface area contributed by atoms with Crippen LogP contribution in [0.25, 0.3) is 0 Å². The zero-order valence-electron chi connectivity index (χ0n) is 17.4. The summed E-state index contributed by atoms with van der Waals surface area (Å²) >= 11 is 0. The highest BCUT2D eigenvalue weighted by atomic mass is 32.2. The fourth-order valence-corrected chi connectivity index (χ4v) is 5.30. The molecule has 1 amide bonds. The van der Waals surface area contributed by atoms with E-state index < -0.39 is 22.6 Å². The maximum Gasteiger partial charge on any atom is 0.338 e. The van der Waals surface area contributed by atoms with Crippen LogP contribution in [0.5, 0.6) is 0 Å². The van der Waals surface area contributed by atoms with Gasteiger partial charge in [0.25, 0.3) is 5.91 Å². The van der Waals surface area contributed by atoms with Crippen molar-refractivity contribution in [3.63, 3.8) is 0 Å². The summed E-state index contributed by atoms with van der Waals surface area (Å²) in [6.07, 6.45) is 0.764. The molecule has 7 nitrogen and oxygen atoms in total. The van der Waals surface area contributed by atoms with Crippen LogP contribution in [-0.2, 0) is 26.0 Å². The summed E-state index contributed by atoms with van der Waals surface area (Å²) < 4.78 is 32.3. The molecule has 0 radical (unpaired) electrons. The number of fused-ring (bicyclic) bond motifs is 1. The fourth-order valence-electron chi connectivity index (χ4n) is 3.59. The minimum Gasteiger partial charge on any atom is -0.452 e. The lowest BCUT2D eigenvalue weighted by atomic mass is 10.1. The molecule has 1 aliphatic heterocycles. The van der Waals surface area contributed by atoms with Crippen molar-refractivity contribution in [2.75, 3.05) is 31.1 Å². The number of nitrogens with zero attached hydrogens (tertiary/aromatic N) is 2. The number of aryl methyl sites for hydroxylation is 1. The molecule has 0 saturated heterocycles. The van der Waals surface area contributed by atoms with Crippen LogP contribution in [-0.4, -0.2) is 50.8 Å².